The molecule has 47 heavy (non-hydrogen) atoms. The fraction of sp³-hybridized carbons (Fsp3) is 0.176. The first-order chi connectivity index (χ1) is 22.6. The Morgan fingerprint density at radius 1 is 0.830 bits per heavy atom. The molecule has 0 atom stereocenters. The van der Waals surface area contributed by atoms with E-state index in [4.69, 9.17) is 9.47 Å². The van der Waals surface area contributed by atoms with Crippen molar-refractivity contribution < 1.29 is 32.3 Å². The van der Waals surface area contributed by atoms with Crippen LogP contribution in [0.3, 0.4) is 0 Å². The lowest BCUT2D eigenvalue weighted by molar-refractivity contribution is -0.121. The summed E-state index contributed by atoms with van der Waals surface area (Å²) in [6, 6.07) is 28.8. The number of carbonyl (C=O) groups excluding carboxylic acids is 3. The molecule has 0 aliphatic carbocycles. The lowest BCUT2D eigenvalue weighted by Gasteiger charge is -2.21. The standard InChI is InChI=1S/C34H35N5O7S/c1-25(40)36-28-14-18-30(19-15-28)47(43,44)39(21-20-26-8-4-3-5-9-26)23-33(41)38-35-22-27-12-16-29(17-13-27)46-24-34(42)37-31-10-6-7-11-32(31)45-2/h3-19,22H,20-21,23-24H2,1-2H3,(H,36,40)(H,37,42)(H,38,41)/b35-22+. The Morgan fingerprint density at radius 2 is 1.51 bits per heavy atom. The molecule has 3 amide bonds. The molecule has 4 aromatic carbocycles. The number of benzene rings is 4. The lowest BCUT2D eigenvalue weighted by Crippen LogP contribution is -2.40. The Morgan fingerprint density at radius 3 is 2.19 bits per heavy atom. The van der Waals surface area contributed by atoms with Crippen molar-refractivity contribution in [1.29, 1.82) is 0 Å². The zero-order valence-electron chi connectivity index (χ0n) is 25.9. The topological polar surface area (TPSA) is 156 Å². The molecule has 0 aliphatic rings. The lowest BCUT2D eigenvalue weighted by atomic mass is 10.1. The third kappa shape index (κ3) is 10.5. The van der Waals surface area contributed by atoms with E-state index in [0.717, 1.165) is 9.87 Å². The van der Waals surface area contributed by atoms with Gasteiger partial charge in [0.25, 0.3) is 11.8 Å². The normalized spacial score (nSPS) is 11.2. The van der Waals surface area contributed by atoms with E-state index in [1.165, 1.54) is 44.5 Å². The van der Waals surface area contributed by atoms with Gasteiger partial charge in [0.1, 0.15) is 11.5 Å². The van der Waals surface area contributed by atoms with Crippen LogP contribution in [0, 0.1) is 0 Å². The molecule has 0 spiro atoms. The Balaban J connectivity index is 1.33. The first-order valence-electron chi connectivity index (χ1n) is 14.5. The number of nitrogens with one attached hydrogen (secondary N) is 3. The highest BCUT2D eigenvalue weighted by molar-refractivity contribution is 7.89. The van der Waals surface area contributed by atoms with Gasteiger partial charge in [-0.15, -0.1) is 0 Å². The quantitative estimate of drug-likeness (QED) is 0.129. The number of hydrogen-bond donors (Lipinski definition) is 3. The van der Waals surface area contributed by atoms with Crippen molar-refractivity contribution in [3.63, 3.8) is 0 Å². The number of nitrogens with zero attached hydrogens (tertiary/aromatic N) is 2. The SMILES string of the molecule is COc1ccccc1NC(=O)COc1ccc(/C=N/NC(=O)CN(CCc2ccccc2)S(=O)(=O)c2ccc(NC(C)=O)cc2)cc1. The van der Waals surface area contributed by atoms with Crippen LogP contribution >= 0.6 is 0 Å². The molecule has 13 heteroatoms. The molecule has 0 fully saturated rings. The van der Waals surface area contributed by atoms with Gasteiger partial charge in [0.2, 0.25) is 15.9 Å². The minimum absolute atomic E-state index is 0.0180. The fourth-order valence-electron chi connectivity index (χ4n) is 4.35. The summed E-state index contributed by atoms with van der Waals surface area (Å²) in [4.78, 5) is 36.5. The van der Waals surface area contributed by atoms with Gasteiger partial charge in [-0.25, -0.2) is 13.8 Å². The number of hydrogen-bond acceptors (Lipinski definition) is 8. The van der Waals surface area contributed by atoms with Crippen LogP contribution in [0.4, 0.5) is 11.4 Å². The molecule has 0 aliphatic heterocycles. The Hall–Kier alpha value is -5.53. The maximum atomic E-state index is 13.5. The summed E-state index contributed by atoms with van der Waals surface area (Å²) in [5.74, 6) is -0.284. The highest BCUT2D eigenvalue weighted by atomic mass is 32.2. The number of amides is 3. The highest BCUT2D eigenvalue weighted by Crippen LogP contribution is 2.23. The summed E-state index contributed by atoms with van der Waals surface area (Å²) in [6.45, 7) is 0.721. The van der Waals surface area contributed by atoms with Crippen LogP contribution in [0.15, 0.2) is 113 Å². The molecule has 0 bridgehead atoms. The van der Waals surface area contributed by atoms with E-state index in [9.17, 15) is 22.8 Å². The molecule has 0 aromatic heterocycles. The van der Waals surface area contributed by atoms with Gasteiger partial charge in [0.15, 0.2) is 6.61 Å². The maximum Gasteiger partial charge on any atom is 0.262 e. The van der Waals surface area contributed by atoms with Crippen molar-refractivity contribution in [2.24, 2.45) is 5.10 Å². The molecule has 0 radical (unpaired) electrons. The van der Waals surface area contributed by atoms with Crippen LogP contribution in [-0.2, 0) is 30.8 Å². The van der Waals surface area contributed by atoms with Crippen molar-refractivity contribution in [2.45, 2.75) is 18.2 Å². The monoisotopic (exact) mass is 657 g/mol. The Kier molecular flexibility index (Phi) is 12.2. The second-order valence-electron chi connectivity index (χ2n) is 10.2. The van der Waals surface area contributed by atoms with E-state index in [2.05, 4.69) is 21.2 Å². The van der Waals surface area contributed by atoms with E-state index in [1.54, 1.807) is 48.5 Å². The summed E-state index contributed by atoms with van der Waals surface area (Å²) in [5.41, 5.74) is 4.91. The summed E-state index contributed by atoms with van der Waals surface area (Å²) in [7, 11) is -2.55. The van der Waals surface area contributed by atoms with Gasteiger partial charge in [-0.1, -0.05) is 42.5 Å². The van der Waals surface area contributed by atoms with Gasteiger partial charge in [-0.2, -0.15) is 9.41 Å². The molecule has 0 unspecified atom stereocenters. The molecule has 0 heterocycles. The number of hydrazone groups is 1. The van der Waals surface area contributed by atoms with E-state index < -0.39 is 22.5 Å². The zero-order valence-corrected chi connectivity index (χ0v) is 26.7. The average molecular weight is 658 g/mol. The van der Waals surface area contributed by atoms with E-state index >= 15 is 0 Å². The first-order valence-corrected chi connectivity index (χ1v) is 16.0. The highest BCUT2D eigenvalue weighted by Gasteiger charge is 2.26. The van der Waals surface area contributed by atoms with Crippen LogP contribution in [0.1, 0.15) is 18.1 Å². The second kappa shape index (κ2) is 16.7. The predicted octanol–water partition coefficient (Wildman–Crippen LogP) is 4.05. The maximum absolute atomic E-state index is 13.5. The molecule has 244 valence electrons. The van der Waals surface area contributed by atoms with Crippen LogP contribution < -0.4 is 25.5 Å². The largest absolute Gasteiger partial charge is 0.495 e. The molecular weight excluding hydrogens is 622 g/mol. The third-order valence-electron chi connectivity index (χ3n) is 6.66. The zero-order chi connectivity index (χ0) is 33.6. The van der Waals surface area contributed by atoms with Gasteiger partial charge in [-0.3, -0.25) is 14.4 Å². The van der Waals surface area contributed by atoms with Crippen molar-refractivity contribution in [3.8, 4) is 11.5 Å². The van der Waals surface area contributed by atoms with Gasteiger partial charge in [-0.05, 0) is 78.2 Å². The second-order valence-corrected chi connectivity index (χ2v) is 12.1. The van der Waals surface area contributed by atoms with Crippen LogP contribution in [0.5, 0.6) is 11.5 Å². The molecule has 4 rings (SSSR count). The van der Waals surface area contributed by atoms with Crippen LogP contribution in [-0.4, -0.2) is 63.5 Å². The average Bonchev–Trinajstić information content (AvgIpc) is 3.07. The Bertz CT molecular complexity index is 1800. The van der Waals surface area contributed by atoms with Gasteiger partial charge in [0.05, 0.1) is 30.5 Å². The van der Waals surface area contributed by atoms with Crippen molar-refractivity contribution in [1.82, 2.24) is 9.73 Å². The van der Waals surface area contributed by atoms with Crippen molar-refractivity contribution in [2.75, 3.05) is 37.4 Å². The van der Waals surface area contributed by atoms with Crippen molar-refractivity contribution in [3.05, 3.63) is 114 Å². The molecule has 0 saturated heterocycles. The minimum atomic E-state index is -4.07. The smallest absolute Gasteiger partial charge is 0.262 e. The van der Waals surface area contributed by atoms with E-state index in [0.29, 0.717) is 34.9 Å². The molecule has 0 saturated carbocycles. The summed E-state index contributed by atoms with van der Waals surface area (Å²) < 4.78 is 39.0. The molecule has 12 nitrogen and oxygen atoms in total. The number of carbonyl (C=O) groups is 3. The van der Waals surface area contributed by atoms with Crippen molar-refractivity contribution >= 4 is 45.3 Å². The number of para-hydroxylation sites is 2. The number of ether oxygens (including phenoxy) is 2. The molecular formula is C34H35N5O7S. The van der Waals surface area contributed by atoms with Crippen LogP contribution in [0.2, 0.25) is 0 Å². The minimum Gasteiger partial charge on any atom is -0.495 e. The number of methoxy groups -OCH3 is 1. The third-order valence-corrected chi connectivity index (χ3v) is 8.52. The number of rotatable bonds is 15. The van der Waals surface area contributed by atoms with Gasteiger partial charge < -0.3 is 20.1 Å². The number of anilines is 2. The summed E-state index contributed by atoms with van der Waals surface area (Å²) >= 11 is 0. The van der Waals surface area contributed by atoms with E-state index in [1.807, 2.05) is 30.3 Å². The van der Waals surface area contributed by atoms with E-state index in [-0.39, 0.29) is 29.9 Å². The summed E-state index contributed by atoms with van der Waals surface area (Å²) in [5, 5.41) is 9.30. The Labute approximate surface area is 273 Å². The number of sulfonamides is 1. The van der Waals surface area contributed by atoms with Crippen LogP contribution in [0.25, 0.3) is 0 Å². The van der Waals surface area contributed by atoms with Gasteiger partial charge >= 0.3 is 0 Å². The first kappa shape index (κ1) is 34.3. The fourth-order valence-corrected chi connectivity index (χ4v) is 5.75. The molecule has 4 aromatic rings. The molecule has 3 N–H and O–H groups in total. The summed E-state index contributed by atoms with van der Waals surface area (Å²) in [6.07, 6.45) is 1.79. The predicted molar refractivity (Wildman–Crippen MR) is 179 cm³/mol. The van der Waals surface area contributed by atoms with Gasteiger partial charge in [0, 0.05) is 19.2 Å².